The van der Waals surface area contributed by atoms with Crippen molar-refractivity contribution in [2.75, 3.05) is 25.5 Å². The first kappa shape index (κ1) is 21.4. The van der Waals surface area contributed by atoms with E-state index in [1.807, 2.05) is 6.07 Å². The molecule has 2 atom stereocenters. The van der Waals surface area contributed by atoms with Crippen LogP contribution in [0.15, 0.2) is 54.6 Å². The molecule has 1 aliphatic rings. The van der Waals surface area contributed by atoms with Gasteiger partial charge in [0, 0.05) is 37.3 Å². The normalized spacial score (nSPS) is 17.0. The smallest absolute Gasteiger partial charge is 0.311 e. The Kier molecular flexibility index (Phi) is 7.06. The number of hydrogen-bond donors (Lipinski definition) is 1. The Morgan fingerprint density at radius 1 is 1.10 bits per heavy atom. The number of anilines is 1. The van der Waals surface area contributed by atoms with Crippen LogP contribution in [0.3, 0.4) is 0 Å². The molecule has 0 radical (unpaired) electrons. The molecule has 30 heavy (non-hydrogen) atoms. The van der Waals surface area contributed by atoms with E-state index in [9.17, 15) is 14.4 Å². The number of methoxy groups -OCH3 is 1. The van der Waals surface area contributed by atoms with Crippen molar-refractivity contribution in [1.82, 2.24) is 4.90 Å². The van der Waals surface area contributed by atoms with E-state index >= 15 is 0 Å². The number of likely N-dealkylation sites (tertiary alicyclic amines) is 1. The highest BCUT2D eigenvalue weighted by atomic mass is 16.5. The Labute approximate surface area is 176 Å². The predicted octanol–water partition coefficient (Wildman–Crippen LogP) is 3.18. The van der Waals surface area contributed by atoms with Crippen LogP contribution in [0.5, 0.6) is 5.75 Å². The van der Waals surface area contributed by atoms with Gasteiger partial charge in [0.25, 0.3) is 5.91 Å². The second-order valence-electron chi connectivity index (χ2n) is 7.25. The summed E-state index contributed by atoms with van der Waals surface area (Å²) in [6, 6.07) is 15.8. The number of hydrogen-bond acceptors (Lipinski definition) is 5. The quantitative estimate of drug-likeness (QED) is 0.740. The van der Waals surface area contributed by atoms with Crippen molar-refractivity contribution in [1.29, 1.82) is 0 Å². The second-order valence-corrected chi connectivity index (χ2v) is 7.25. The van der Waals surface area contributed by atoms with Gasteiger partial charge in [0.05, 0.1) is 13.0 Å². The highest BCUT2D eigenvalue weighted by Gasteiger charge is 2.32. The van der Waals surface area contributed by atoms with Crippen LogP contribution < -0.4 is 10.1 Å². The van der Waals surface area contributed by atoms with Gasteiger partial charge in [-0.25, -0.2) is 0 Å². The molecule has 7 heteroatoms. The van der Waals surface area contributed by atoms with Gasteiger partial charge in [0.1, 0.15) is 5.75 Å². The lowest BCUT2D eigenvalue weighted by atomic mass is 9.98. The molecule has 1 heterocycles. The van der Waals surface area contributed by atoms with E-state index < -0.39 is 23.9 Å². The molecule has 3 rings (SSSR count). The van der Waals surface area contributed by atoms with Crippen LogP contribution in [-0.2, 0) is 19.1 Å². The third kappa shape index (κ3) is 5.37. The number of esters is 1. The summed E-state index contributed by atoms with van der Waals surface area (Å²) in [5.41, 5.74) is 1.11. The molecule has 1 fully saturated rings. The summed E-state index contributed by atoms with van der Waals surface area (Å²) in [7, 11) is 1.55. The highest BCUT2D eigenvalue weighted by molar-refractivity contribution is 5.96. The van der Waals surface area contributed by atoms with Crippen LogP contribution in [0.25, 0.3) is 0 Å². The van der Waals surface area contributed by atoms with E-state index in [1.54, 1.807) is 60.5 Å². The summed E-state index contributed by atoms with van der Waals surface area (Å²) in [6.45, 7) is 2.44. The fourth-order valence-corrected chi connectivity index (χ4v) is 3.48. The molecule has 7 nitrogen and oxygen atoms in total. The molecule has 0 aromatic heterocycles. The fourth-order valence-electron chi connectivity index (χ4n) is 3.48. The summed E-state index contributed by atoms with van der Waals surface area (Å²) in [5.74, 6) is -0.841. The van der Waals surface area contributed by atoms with Gasteiger partial charge in [-0.1, -0.05) is 36.4 Å². The Morgan fingerprint density at radius 2 is 1.87 bits per heavy atom. The summed E-state index contributed by atoms with van der Waals surface area (Å²) in [6.07, 6.45) is 0.255. The predicted molar refractivity (Wildman–Crippen MR) is 112 cm³/mol. The lowest BCUT2D eigenvalue weighted by Gasteiger charge is -2.31. The minimum absolute atomic E-state index is 0.0668. The Balaban J connectivity index is 1.76. The van der Waals surface area contributed by atoms with Gasteiger partial charge in [-0.15, -0.1) is 0 Å². The monoisotopic (exact) mass is 410 g/mol. The summed E-state index contributed by atoms with van der Waals surface area (Å²) >= 11 is 0. The van der Waals surface area contributed by atoms with Gasteiger partial charge < -0.3 is 19.7 Å². The number of carbonyl (C=O) groups excluding carboxylic acids is 3. The van der Waals surface area contributed by atoms with Gasteiger partial charge >= 0.3 is 5.97 Å². The number of nitrogens with one attached hydrogen (secondary N) is 1. The van der Waals surface area contributed by atoms with Crippen molar-refractivity contribution in [2.24, 2.45) is 5.92 Å². The average molecular weight is 410 g/mol. The van der Waals surface area contributed by atoms with Gasteiger partial charge in [-0.3, -0.25) is 14.4 Å². The molecule has 0 spiro atoms. The van der Waals surface area contributed by atoms with E-state index in [0.717, 1.165) is 6.42 Å². The third-order valence-corrected chi connectivity index (χ3v) is 5.11. The van der Waals surface area contributed by atoms with Crippen LogP contribution >= 0.6 is 0 Å². The van der Waals surface area contributed by atoms with Crippen molar-refractivity contribution < 1.29 is 23.9 Å². The van der Waals surface area contributed by atoms with Crippen LogP contribution in [0, 0.1) is 5.92 Å². The Bertz CT molecular complexity index is 899. The van der Waals surface area contributed by atoms with E-state index in [2.05, 4.69) is 5.32 Å². The van der Waals surface area contributed by atoms with Gasteiger partial charge in [0.2, 0.25) is 12.0 Å². The van der Waals surface area contributed by atoms with Gasteiger partial charge in [-0.2, -0.15) is 0 Å². The Hall–Kier alpha value is -3.35. The molecule has 0 aliphatic carbocycles. The number of benzene rings is 2. The largest absolute Gasteiger partial charge is 0.497 e. The fraction of sp³-hybridized carbons (Fsp3) is 0.348. The standard InChI is InChI=1S/C23H26N2O5/c1-16(26)25-13-7-10-18(15-25)23(28)30-21(17-8-4-3-5-9-17)22(27)24-19-11-6-12-20(14-19)29-2/h3-6,8-9,11-12,14,18,21H,7,10,13,15H2,1-2H3,(H,24,27)/t18-,21+/m0/s1. The first-order valence-corrected chi connectivity index (χ1v) is 9.94. The maximum Gasteiger partial charge on any atom is 0.311 e. The van der Waals surface area contributed by atoms with Crippen LogP contribution in [-0.4, -0.2) is 42.9 Å². The lowest BCUT2D eigenvalue weighted by molar-refractivity contribution is -0.161. The van der Waals surface area contributed by atoms with Crippen molar-refractivity contribution >= 4 is 23.5 Å². The van der Waals surface area contributed by atoms with Crippen LogP contribution in [0.1, 0.15) is 31.4 Å². The number of amides is 2. The average Bonchev–Trinajstić information content (AvgIpc) is 2.78. The number of piperidine rings is 1. The molecule has 2 aromatic rings. The highest BCUT2D eigenvalue weighted by Crippen LogP contribution is 2.25. The zero-order valence-corrected chi connectivity index (χ0v) is 17.2. The molecule has 0 unspecified atom stereocenters. The maximum absolute atomic E-state index is 13.0. The van der Waals surface area contributed by atoms with Crippen LogP contribution in [0.2, 0.25) is 0 Å². The summed E-state index contributed by atoms with van der Waals surface area (Å²) in [5, 5.41) is 2.79. The molecular weight excluding hydrogens is 384 g/mol. The minimum Gasteiger partial charge on any atom is -0.497 e. The molecule has 1 N–H and O–H groups in total. The SMILES string of the molecule is COc1cccc(NC(=O)[C@H](OC(=O)[C@H]2CCCN(C(C)=O)C2)c2ccccc2)c1. The van der Waals surface area contributed by atoms with E-state index in [-0.39, 0.29) is 5.91 Å². The van der Waals surface area contributed by atoms with Gasteiger partial charge in [0.15, 0.2) is 0 Å². The van der Waals surface area contributed by atoms with E-state index in [0.29, 0.717) is 36.5 Å². The summed E-state index contributed by atoms with van der Waals surface area (Å²) < 4.78 is 10.9. The molecule has 2 aromatic carbocycles. The van der Waals surface area contributed by atoms with Gasteiger partial charge in [-0.05, 0) is 25.0 Å². The first-order chi connectivity index (χ1) is 14.5. The lowest BCUT2D eigenvalue weighted by Crippen LogP contribution is -2.42. The topological polar surface area (TPSA) is 84.9 Å². The van der Waals surface area contributed by atoms with Crippen molar-refractivity contribution in [3.05, 3.63) is 60.2 Å². The van der Waals surface area contributed by atoms with Crippen molar-refractivity contribution in [2.45, 2.75) is 25.9 Å². The number of rotatable bonds is 6. The van der Waals surface area contributed by atoms with E-state index in [4.69, 9.17) is 9.47 Å². The Morgan fingerprint density at radius 3 is 2.57 bits per heavy atom. The molecule has 0 bridgehead atoms. The molecule has 1 saturated heterocycles. The molecule has 1 aliphatic heterocycles. The molecule has 158 valence electrons. The van der Waals surface area contributed by atoms with Crippen LogP contribution in [0.4, 0.5) is 5.69 Å². The zero-order valence-electron chi connectivity index (χ0n) is 17.2. The third-order valence-electron chi connectivity index (χ3n) is 5.11. The maximum atomic E-state index is 13.0. The number of ether oxygens (including phenoxy) is 2. The first-order valence-electron chi connectivity index (χ1n) is 9.94. The van der Waals surface area contributed by atoms with Crippen molar-refractivity contribution in [3.63, 3.8) is 0 Å². The summed E-state index contributed by atoms with van der Waals surface area (Å²) in [4.78, 5) is 39.2. The minimum atomic E-state index is -1.10. The van der Waals surface area contributed by atoms with E-state index in [1.165, 1.54) is 6.92 Å². The molecule has 2 amide bonds. The zero-order chi connectivity index (χ0) is 21.5. The molecular formula is C23H26N2O5. The second kappa shape index (κ2) is 9.91. The number of nitrogens with zero attached hydrogens (tertiary/aromatic N) is 1. The van der Waals surface area contributed by atoms with Crippen molar-refractivity contribution in [3.8, 4) is 5.75 Å². The molecule has 0 saturated carbocycles. The number of carbonyl (C=O) groups is 3.